The van der Waals surface area contributed by atoms with E-state index in [9.17, 15) is 28.1 Å². The molecule has 0 aromatic heterocycles. The molecule has 0 radical (unpaired) electrons. The van der Waals surface area contributed by atoms with E-state index in [2.05, 4.69) is 5.32 Å². The zero-order valence-corrected chi connectivity index (χ0v) is 27.0. The van der Waals surface area contributed by atoms with Crippen molar-refractivity contribution in [2.75, 3.05) is 25.0 Å². The number of nitro benzene ring substituents is 1. The maximum atomic E-state index is 14.4. The van der Waals surface area contributed by atoms with E-state index in [1.165, 1.54) is 62.4 Å². The molecule has 0 spiro atoms. The lowest BCUT2D eigenvalue weighted by Crippen LogP contribution is -2.53. The molecule has 0 heterocycles. The fourth-order valence-corrected chi connectivity index (χ4v) is 6.42. The highest BCUT2D eigenvalue weighted by Crippen LogP contribution is 2.30. The van der Waals surface area contributed by atoms with Crippen LogP contribution in [0.25, 0.3) is 0 Å². The molecule has 4 aromatic carbocycles. The van der Waals surface area contributed by atoms with Gasteiger partial charge in [0.05, 0.1) is 22.6 Å². The molecule has 1 atom stereocenters. The molecule has 46 heavy (non-hydrogen) atoms. The molecule has 0 aliphatic rings. The standard InChI is InChI=1S/C33H33ClN4O7S/c1-23-9-18-29(20-30(23)38(41)42)46(43,44)37(27-14-16-28(45-3)17-15-27)22-32(39)36(21-25-10-12-26(34)13-11-25)31(33(40)35-2)19-24-7-5-4-6-8-24/h4-18,20,31H,19,21-22H2,1-3H3,(H,35,40)/t31-/m1/s1. The van der Waals surface area contributed by atoms with Gasteiger partial charge in [-0.2, -0.15) is 0 Å². The first-order chi connectivity index (χ1) is 21.9. The summed E-state index contributed by atoms with van der Waals surface area (Å²) < 4.78 is 34.5. The smallest absolute Gasteiger partial charge is 0.273 e. The van der Waals surface area contributed by atoms with Crippen LogP contribution in [0, 0.1) is 17.0 Å². The van der Waals surface area contributed by atoms with E-state index in [1.807, 2.05) is 30.3 Å². The van der Waals surface area contributed by atoms with Crippen molar-refractivity contribution in [3.8, 4) is 5.75 Å². The maximum absolute atomic E-state index is 14.4. The number of nitrogens with zero attached hydrogens (tertiary/aromatic N) is 3. The number of aryl methyl sites for hydroxylation is 1. The molecule has 0 saturated carbocycles. The number of hydrogen-bond acceptors (Lipinski definition) is 7. The molecular weight excluding hydrogens is 632 g/mol. The summed E-state index contributed by atoms with van der Waals surface area (Å²) in [6.45, 7) is 0.749. The largest absolute Gasteiger partial charge is 0.497 e. The zero-order chi connectivity index (χ0) is 33.4. The van der Waals surface area contributed by atoms with E-state index in [0.717, 1.165) is 15.9 Å². The number of ether oxygens (including phenoxy) is 1. The van der Waals surface area contributed by atoms with E-state index in [0.29, 0.717) is 16.3 Å². The second-order valence-corrected chi connectivity index (χ2v) is 12.7. The van der Waals surface area contributed by atoms with Crippen LogP contribution in [0.2, 0.25) is 5.02 Å². The minimum atomic E-state index is -4.54. The molecule has 4 rings (SSSR count). The Morgan fingerprint density at radius 1 is 0.957 bits per heavy atom. The van der Waals surface area contributed by atoms with E-state index in [-0.39, 0.29) is 34.8 Å². The number of halogens is 1. The van der Waals surface area contributed by atoms with E-state index in [4.69, 9.17) is 16.3 Å². The Labute approximate surface area is 272 Å². The second kappa shape index (κ2) is 14.9. The molecule has 0 bridgehead atoms. The molecule has 0 aliphatic carbocycles. The molecule has 0 aliphatic heterocycles. The Hall–Kier alpha value is -4.94. The van der Waals surface area contributed by atoms with Crippen LogP contribution < -0.4 is 14.4 Å². The minimum absolute atomic E-state index is 0.0343. The van der Waals surface area contributed by atoms with Crippen molar-refractivity contribution in [1.82, 2.24) is 10.2 Å². The van der Waals surface area contributed by atoms with Crippen molar-refractivity contribution < 1.29 is 27.7 Å². The Bertz CT molecular complexity index is 1800. The van der Waals surface area contributed by atoms with Crippen LogP contribution in [0.5, 0.6) is 5.75 Å². The minimum Gasteiger partial charge on any atom is -0.497 e. The average Bonchev–Trinajstić information content (AvgIpc) is 3.06. The topological polar surface area (TPSA) is 139 Å². The Kier molecular flexibility index (Phi) is 11.0. The number of benzene rings is 4. The molecule has 0 fully saturated rings. The fraction of sp³-hybridized carbons (Fsp3) is 0.212. The van der Waals surface area contributed by atoms with Gasteiger partial charge in [-0.05, 0) is 60.5 Å². The molecule has 1 N–H and O–H groups in total. The maximum Gasteiger partial charge on any atom is 0.273 e. The zero-order valence-electron chi connectivity index (χ0n) is 25.4. The van der Waals surface area contributed by atoms with Gasteiger partial charge < -0.3 is 15.0 Å². The first-order valence-corrected chi connectivity index (χ1v) is 16.0. The first kappa shape index (κ1) is 33.9. The summed E-state index contributed by atoms with van der Waals surface area (Å²) in [5.74, 6) is -0.676. The summed E-state index contributed by atoms with van der Waals surface area (Å²) in [6.07, 6.45) is 0.152. The number of sulfonamides is 1. The van der Waals surface area contributed by atoms with Crippen LogP contribution in [0.3, 0.4) is 0 Å². The van der Waals surface area contributed by atoms with E-state index >= 15 is 0 Å². The van der Waals surface area contributed by atoms with Crippen molar-refractivity contribution in [2.45, 2.75) is 30.8 Å². The number of likely N-dealkylation sites (N-methyl/N-ethyl adjacent to an activating group) is 1. The molecule has 13 heteroatoms. The lowest BCUT2D eigenvalue weighted by atomic mass is 10.0. The molecular formula is C33H33ClN4O7S. The summed E-state index contributed by atoms with van der Waals surface area (Å²) in [4.78, 5) is 39.7. The van der Waals surface area contributed by atoms with Crippen molar-refractivity contribution in [3.63, 3.8) is 0 Å². The van der Waals surface area contributed by atoms with Gasteiger partial charge in [0.1, 0.15) is 18.3 Å². The molecule has 2 amide bonds. The number of hydrogen-bond donors (Lipinski definition) is 1. The molecule has 240 valence electrons. The predicted octanol–water partition coefficient (Wildman–Crippen LogP) is 5.15. The van der Waals surface area contributed by atoms with Gasteiger partial charge >= 0.3 is 0 Å². The number of carbonyl (C=O) groups is 2. The van der Waals surface area contributed by atoms with Crippen LogP contribution in [0.4, 0.5) is 11.4 Å². The van der Waals surface area contributed by atoms with Gasteiger partial charge in [-0.3, -0.25) is 24.0 Å². The van der Waals surface area contributed by atoms with Crippen LogP contribution >= 0.6 is 11.6 Å². The summed E-state index contributed by atoms with van der Waals surface area (Å²) in [5, 5.41) is 14.8. The quantitative estimate of drug-likeness (QED) is 0.154. The number of nitro groups is 1. The molecule has 4 aromatic rings. The monoisotopic (exact) mass is 664 g/mol. The lowest BCUT2D eigenvalue weighted by Gasteiger charge is -2.33. The Balaban J connectivity index is 1.82. The molecule has 11 nitrogen and oxygen atoms in total. The SMILES string of the molecule is CNC(=O)[C@@H](Cc1ccccc1)N(Cc1ccc(Cl)cc1)C(=O)CN(c1ccc(OC)cc1)S(=O)(=O)c1ccc(C)c([N+](=O)[O-])c1. The summed E-state index contributed by atoms with van der Waals surface area (Å²) in [6, 6.07) is 24.4. The number of anilines is 1. The van der Waals surface area contributed by atoms with Gasteiger partial charge in [0.2, 0.25) is 11.8 Å². The lowest BCUT2D eigenvalue weighted by molar-refractivity contribution is -0.385. The first-order valence-electron chi connectivity index (χ1n) is 14.2. The van der Waals surface area contributed by atoms with Gasteiger partial charge in [0.15, 0.2) is 0 Å². The number of carbonyl (C=O) groups excluding carboxylic acids is 2. The van der Waals surface area contributed by atoms with Crippen LogP contribution in [0.15, 0.2) is 102 Å². The summed E-state index contributed by atoms with van der Waals surface area (Å²) in [5.41, 5.74) is 1.46. The van der Waals surface area contributed by atoms with E-state index in [1.54, 1.807) is 24.3 Å². The third-order valence-electron chi connectivity index (χ3n) is 7.39. The highest BCUT2D eigenvalue weighted by atomic mass is 35.5. The number of nitrogens with one attached hydrogen (secondary N) is 1. The van der Waals surface area contributed by atoms with Crippen molar-refractivity contribution in [2.24, 2.45) is 0 Å². The third-order valence-corrected chi connectivity index (χ3v) is 9.41. The number of methoxy groups -OCH3 is 1. The highest BCUT2D eigenvalue weighted by Gasteiger charge is 2.35. The third kappa shape index (κ3) is 8.01. The van der Waals surface area contributed by atoms with Crippen LogP contribution in [0.1, 0.15) is 16.7 Å². The van der Waals surface area contributed by atoms with Crippen LogP contribution in [-0.4, -0.2) is 56.8 Å². The number of rotatable bonds is 13. The number of amides is 2. The van der Waals surface area contributed by atoms with Gasteiger partial charge in [-0.15, -0.1) is 0 Å². The average molecular weight is 665 g/mol. The Morgan fingerprint density at radius 3 is 2.20 bits per heavy atom. The summed E-state index contributed by atoms with van der Waals surface area (Å²) >= 11 is 6.09. The Morgan fingerprint density at radius 2 is 1.61 bits per heavy atom. The van der Waals surface area contributed by atoms with E-state index < -0.39 is 39.3 Å². The van der Waals surface area contributed by atoms with Crippen LogP contribution in [-0.2, 0) is 32.6 Å². The fourth-order valence-electron chi connectivity index (χ4n) is 4.86. The summed E-state index contributed by atoms with van der Waals surface area (Å²) in [7, 11) is -1.62. The van der Waals surface area contributed by atoms with Crippen molar-refractivity contribution in [3.05, 3.63) is 129 Å². The predicted molar refractivity (Wildman–Crippen MR) is 175 cm³/mol. The highest BCUT2D eigenvalue weighted by molar-refractivity contribution is 7.92. The molecule has 0 saturated heterocycles. The second-order valence-electron chi connectivity index (χ2n) is 10.4. The molecule has 0 unspecified atom stereocenters. The van der Waals surface area contributed by atoms with Gasteiger partial charge in [0, 0.05) is 36.7 Å². The van der Waals surface area contributed by atoms with Crippen molar-refractivity contribution in [1.29, 1.82) is 0 Å². The van der Waals surface area contributed by atoms with Crippen molar-refractivity contribution >= 4 is 44.8 Å². The van der Waals surface area contributed by atoms with Gasteiger partial charge in [-0.25, -0.2) is 8.42 Å². The van der Waals surface area contributed by atoms with Gasteiger partial charge in [-0.1, -0.05) is 60.1 Å². The van der Waals surface area contributed by atoms with Gasteiger partial charge in [0.25, 0.3) is 15.7 Å². The normalized spacial score (nSPS) is 11.7.